The number of aryl methyl sites for hydroxylation is 2. The lowest BCUT2D eigenvalue weighted by molar-refractivity contribution is -0.365. The first-order valence-electron chi connectivity index (χ1n) is 7.75. The zero-order valence-electron chi connectivity index (χ0n) is 13.7. The van der Waals surface area contributed by atoms with Gasteiger partial charge in [-0.15, -0.1) is 9.97 Å². The Bertz CT molecular complexity index is 852. The van der Waals surface area contributed by atoms with Crippen LogP contribution >= 0.6 is 0 Å². The lowest BCUT2D eigenvalue weighted by Gasteiger charge is -2.09. The molecule has 0 spiro atoms. The quantitative estimate of drug-likeness (QED) is 0.509. The topological polar surface area (TPSA) is 77.8 Å². The van der Waals surface area contributed by atoms with E-state index >= 15 is 0 Å². The SMILES string of the molecule is Cc1cc(C)nc([NH+]=C(N)Nc2ccccc2-c2ccccc2)n1. The van der Waals surface area contributed by atoms with E-state index in [1.54, 1.807) is 0 Å². The number of nitrogens with two attached hydrogens (primary N) is 1. The molecule has 120 valence electrons. The Morgan fingerprint density at radius 1 is 0.917 bits per heavy atom. The van der Waals surface area contributed by atoms with Crippen molar-refractivity contribution in [2.24, 2.45) is 5.73 Å². The van der Waals surface area contributed by atoms with Crippen molar-refractivity contribution >= 4 is 17.6 Å². The highest BCUT2D eigenvalue weighted by Crippen LogP contribution is 2.27. The summed E-state index contributed by atoms with van der Waals surface area (Å²) < 4.78 is 0. The second-order valence-electron chi connectivity index (χ2n) is 5.55. The van der Waals surface area contributed by atoms with Crippen LogP contribution in [-0.2, 0) is 0 Å². The second kappa shape index (κ2) is 6.91. The van der Waals surface area contributed by atoms with Crippen molar-refractivity contribution in [3.05, 3.63) is 72.1 Å². The van der Waals surface area contributed by atoms with Crippen molar-refractivity contribution in [2.45, 2.75) is 13.8 Å². The number of para-hydroxylation sites is 1. The summed E-state index contributed by atoms with van der Waals surface area (Å²) in [5.74, 6) is 0.859. The van der Waals surface area contributed by atoms with Crippen LogP contribution in [-0.4, -0.2) is 15.9 Å². The van der Waals surface area contributed by atoms with Crippen molar-refractivity contribution in [2.75, 3.05) is 5.32 Å². The average Bonchev–Trinajstić information content (AvgIpc) is 2.55. The van der Waals surface area contributed by atoms with Gasteiger partial charge in [-0.2, -0.15) is 0 Å². The summed E-state index contributed by atoms with van der Waals surface area (Å²) in [4.78, 5) is 11.7. The molecule has 5 heteroatoms. The average molecular weight is 318 g/mol. The summed E-state index contributed by atoms with van der Waals surface area (Å²) in [6, 6.07) is 20.1. The van der Waals surface area contributed by atoms with E-state index in [4.69, 9.17) is 5.73 Å². The van der Waals surface area contributed by atoms with E-state index in [2.05, 4.69) is 38.5 Å². The van der Waals surface area contributed by atoms with Crippen LogP contribution in [0.1, 0.15) is 11.4 Å². The molecule has 0 amide bonds. The molecular weight excluding hydrogens is 298 g/mol. The third-order valence-corrected chi connectivity index (χ3v) is 3.51. The van der Waals surface area contributed by atoms with Gasteiger partial charge in [0.1, 0.15) is 0 Å². The van der Waals surface area contributed by atoms with E-state index in [1.807, 2.05) is 56.3 Å². The highest BCUT2D eigenvalue weighted by molar-refractivity contribution is 5.93. The molecule has 0 unspecified atom stereocenters. The predicted molar refractivity (Wildman–Crippen MR) is 96.8 cm³/mol. The van der Waals surface area contributed by atoms with Gasteiger partial charge in [0.2, 0.25) is 0 Å². The normalized spacial score (nSPS) is 11.3. The van der Waals surface area contributed by atoms with Gasteiger partial charge < -0.3 is 5.73 Å². The van der Waals surface area contributed by atoms with E-state index < -0.39 is 0 Å². The minimum Gasteiger partial charge on any atom is -0.322 e. The molecule has 2 aromatic carbocycles. The molecule has 0 atom stereocenters. The Hall–Kier alpha value is -3.21. The Kier molecular flexibility index (Phi) is 4.52. The monoisotopic (exact) mass is 318 g/mol. The number of nitrogens with one attached hydrogen (secondary N) is 2. The van der Waals surface area contributed by atoms with Crippen LogP contribution in [0.3, 0.4) is 0 Å². The number of benzene rings is 2. The molecule has 0 radical (unpaired) electrons. The molecule has 0 aliphatic carbocycles. The summed E-state index contributed by atoms with van der Waals surface area (Å²) in [6.45, 7) is 3.85. The van der Waals surface area contributed by atoms with Crippen molar-refractivity contribution in [3.8, 4) is 11.1 Å². The Balaban J connectivity index is 1.90. The molecule has 1 heterocycles. The third-order valence-electron chi connectivity index (χ3n) is 3.51. The summed E-state index contributed by atoms with van der Waals surface area (Å²) in [5, 5.41) is 3.20. The predicted octanol–water partition coefficient (Wildman–Crippen LogP) is 1.90. The van der Waals surface area contributed by atoms with Gasteiger partial charge in [0.05, 0.1) is 17.1 Å². The first kappa shape index (κ1) is 15.7. The van der Waals surface area contributed by atoms with Crippen molar-refractivity contribution in [1.29, 1.82) is 0 Å². The highest BCUT2D eigenvalue weighted by atomic mass is 15.2. The van der Waals surface area contributed by atoms with E-state index in [-0.39, 0.29) is 0 Å². The highest BCUT2D eigenvalue weighted by Gasteiger charge is 2.09. The van der Waals surface area contributed by atoms with Crippen LogP contribution in [0.5, 0.6) is 0 Å². The van der Waals surface area contributed by atoms with E-state index in [1.165, 1.54) is 0 Å². The van der Waals surface area contributed by atoms with E-state index in [0.29, 0.717) is 11.9 Å². The maximum absolute atomic E-state index is 6.10. The minimum absolute atomic E-state index is 0.378. The fourth-order valence-corrected chi connectivity index (χ4v) is 2.54. The third kappa shape index (κ3) is 3.76. The van der Waals surface area contributed by atoms with Gasteiger partial charge in [0.15, 0.2) is 0 Å². The molecule has 0 aliphatic rings. The minimum atomic E-state index is 0.378. The van der Waals surface area contributed by atoms with Crippen LogP contribution < -0.4 is 16.0 Å². The second-order valence-corrected chi connectivity index (χ2v) is 5.55. The van der Waals surface area contributed by atoms with Gasteiger partial charge >= 0.3 is 5.95 Å². The Morgan fingerprint density at radius 3 is 2.25 bits per heavy atom. The summed E-state index contributed by atoms with van der Waals surface area (Å²) in [6.07, 6.45) is 0. The zero-order valence-corrected chi connectivity index (χ0v) is 13.7. The molecule has 3 aromatic rings. The number of guanidine groups is 1. The number of rotatable bonds is 3. The molecular formula is C19H20N5+. The number of hydrogen-bond acceptors (Lipinski definition) is 2. The van der Waals surface area contributed by atoms with Gasteiger partial charge in [0.25, 0.3) is 5.96 Å². The van der Waals surface area contributed by atoms with Crippen LogP contribution in [0, 0.1) is 13.8 Å². The molecule has 5 nitrogen and oxygen atoms in total. The largest absolute Gasteiger partial charge is 0.354 e. The first-order valence-corrected chi connectivity index (χ1v) is 7.75. The van der Waals surface area contributed by atoms with Crippen molar-refractivity contribution in [3.63, 3.8) is 0 Å². The van der Waals surface area contributed by atoms with Crippen LogP contribution in [0.4, 0.5) is 11.6 Å². The Morgan fingerprint density at radius 2 is 1.54 bits per heavy atom. The standard InChI is InChI=1S/C19H19N5/c1-13-12-14(2)22-19(21-13)24-18(20)23-17-11-7-6-10-16(17)15-8-4-3-5-9-15/h3-12H,1-2H3,(H3,20,21,22,23,24)/p+1. The van der Waals surface area contributed by atoms with Gasteiger partial charge in [-0.3, -0.25) is 5.32 Å². The lowest BCUT2D eigenvalue weighted by atomic mass is 10.0. The number of nitrogens with zero attached hydrogens (tertiary/aromatic N) is 2. The van der Waals surface area contributed by atoms with Gasteiger partial charge in [0, 0.05) is 11.6 Å². The fraction of sp³-hybridized carbons (Fsp3) is 0.105. The molecule has 4 N–H and O–H groups in total. The van der Waals surface area contributed by atoms with E-state index in [0.717, 1.165) is 28.2 Å². The van der Waals surface area contributed by atoms with E-state index in [9.17, 15) is 0 Å². The zero-order chi connectivity index (χ0) is 16.9. The number of hydrogen-bond donors (Lipinski definition) is 3. The molecule has 0 fully saturated rings. The maximum atomic E-state index is 6.10. The van der Waals surface area contributed by atoms with Gasteiger partial charge in [-0.1, -0.05) is 48.5 Å². The fourth-order valence-electron chi connectivity index (χ4n) is 2.54. The molecule has 0 bridgehead atoms. The molecule has 0 saturated heterocycles. The maximum Gasteiger partial charge on any atom is 0.354 e. The number of aromatic nitrogens is 2. The summed E-state index contributed by atoms with van der Waals surface area (Å²) in [7, 11) is 0. The van der Waals surface area contributed by atoms with Crippen LogP contribution in [0.25, 0.3) is 11.1 Å². The molecule has 0 aliphatic heterocycles. The van der Waals surface area contributed by atoms with Crippen LogP contribution in [0.15, 0.2) is 60.7 Å². The van der Waals surface area contributed by atoms with Gasteiger partial charge in [-0.05, 0) is 25.5 Å². The number of anilines is 1. The van der Waals surface area contributed by atoms with Gasteiger partial charge in [-0.25, -0.2) is 4.99 Å². The van der Waals surface area contributed by atoms with Crippen molar-refractivity contribution in [1.82, 2.24) is 9.97 Å². The van der Waals surface area contributed by atoms with Crippen LogP contribution in [0.2, 0.25) is 0 Å². The molecule has 24 heavy (non-hydrogen) atoms. The summed E-state index contributed by atoms with van der Waals surface area (Å²) >= 11 is 0. The summed E-state index contributed by atoms with van der Waals surface area (Å²) in [5.41, 5.74) is 11.0. The molecule has 3 rings (SSSR count). The Labute approximate surface area is 141 Å². The van der Waals surface area contributed by atoms with Crippen molar-refractivity contribution < 1.29 is 4.99 Å². The molecule has 0 saturated carbocycles. The first-order chi connectivity index (χ1) is 11.6. The molecule has 1 aromatic heterocycles. The smallest absolute Gasteiger partial charge is 0.322 e. The lowest BCUT2D eigenvalue weighted by Crippen LogP contribution is -2.72.